The number of rotatable bonds is 11. The summed E-state index contributed by atoms with van der Waals surface area (Å²) in [6, 6.07) is 10.3. The van der Waals surface area contributed by atoms with E-state index in [4.69, 9.17) is 14.2 Å². The zero-order chi connectivity index (χ0) is 31.0. The Kier molecular flexibility index (Phi) is 12.2. The third-order valence-corrected chi connectivity index (χ3v) is 7.89. The van der Waals surface area contributed by atoms with Crippen molar-refractivity contribution in [3.8, 4) is 0 Å². The van der Waals surface area contributed by atoms with Crippen LogP contribution in [0.2, 0.25) is 0 Å². The Morgan fingerprint density at radius 3 is 2.12 bits per heavy atom. The summed E-state index contributed by atoms with van der Waals surface area (Å²) in [5.41, 5.74) is -0.356. The molecule has 1 aliphatic carbocycles. The standard InChI is InChI=1S/C34H52O7/c1-23-15-19-27(34(8,9)24-13-11-10-12-14-24)28(21-23)41-29(36)20-18-26(40-31(38)33(5,6)7)17-16-25(35)22-39-30(37)32(2,3)4/h10-14,18,20,23,25-28,35H,15-17,19,21-22H2,1-9H3/b20-18-/t23-,25-,26+,27-,28-/m1/s1. The van der Waals surface area contributed by atoms with Crippen LogP contribution in [0.4, 0.5) is 0 Å². The Morgan fingerprint density at radius 1 is 0.927 bits per heavy atom. The molecule has 230 valence electrons. The molecule has 1 aliphatic rings. The first kappa shape index (κ1) is 34.5. The van der Waals surface area contributed by atoms with Gasteiger partial charge in [0.1, 0.15) is 18.8 Å². The third kappa shape index (κ3) is 10.9. The maximum absolute atomic E-state index is 13.1. The summed E-state index contributed by atoms with van der Waals surface area (Å²) in [6.07, 6.45) is 4.27. The molecule has 0 aliphatic heterocycles. The van der Waals surface area contributed by atoms with E-state index >= 15 is 0 Å². The quantitative estimate of drug-likeness (QED) is 0.182. The normalized spacial score (nSPS) is 21.7. The topological polar surface area (TPSA) is 99.1 Å². The van der Waals surface area contributed by atoms with Crippen LogP contribution in [0.3, 0.4) is 0 Å². The van der Waals surface area contributed by atoms with E-state index in [-0.39, 0.29) is 36.9 Å². The Hall–Kier alpha value is -2.67. The fraction of sp³-hybridized carbons (Fsp3) is 0.676. The lowest BCUT2D eigenvalue weighted by molar-refractivity contribution is -0.158. The van der Waals surface area contributed by atoms with Crippen LogP contribution in [0, 0.1) is 22.7 Å². The highest BCUT2D eigenvalue weighted by Crippen LogP contribution is 2.43. The predicted molar refractivity (Wildman–Crippen MR) is 160 cm³/mol. The number of carbonyl (C=O) groups excluding carboxylic acids is 3. The van der Waals surface area contributed by atoms with Crippen molar-refractivity contribution in [3.63, 3.8) is 0 Å². The molecule has 0 saturated heterocycles. The van der Waals surface area contributed by atoms with Crippen LogP contribution < -0.4 is 0 Å². The van der Waals surface area contributed by atoms with Crippen LogP contribution in [0.5, 0.6) is 0 Å². The van der Waals surface area contributed by atoms with Gasteiger partial charge in [0.05, 0.1) is 16.9 Å². The van der Waals surface area contributed by atoms with Crippen molar-refractivity contribution in [1.29, 1.82) is 0 Å². The molecule has 2 rings (SSSR count). The first-order valence-corrected chi connectivity index (χ1v) is 14.9. The predicted octanol–water partition coefficient (Wildman–Crippen LogP) is 6.56. The second kappa shape index (κ2) is 14.5. The summed E-state index contributed by atoms with van der Waals surface area (Å²) in [4.78, 5) is 37.7. The molecule has 0 aromatic heterocycles. The number of hydrogen-bond donors (Lipinski definition) is 1. The summed E-state index contributed by atoms with van der Waals surface area (Å²) in [5, 5.41) is 10.4. The van der Waals surface area contributed by atoms with E-state index in [1.165, 1.54) is 17.7 Å². The van der Waals surface area contributed by atoms with E-state index in [2.05, 4.69) is 32.9 Å². The van der Waals surface area contributed by atoms with E-state index in [0.717, 1.165) is 19.3 Å². The summed E-state index contributed by atoms with van der Waals surface area (Å²) in [7, 11) is 0. The number of ether oxygens (including phenoxy) is 3. The first-order chi connectivity index (χ1) is 18.9. The van der Waals surface area contributed by atoms with Crippen LogP contribution in [0.1, 0.15) is 100.0 Å². The Labute approximate surface area is 247 Å². The Bertz CT molecular complexity index is 1030. The van der Waals surface area contributed by atoms with Crippen LogP contribution >= 0.6 is 0 Å². The molecule has 1 N–H and O–H groups in total. The lowest BCUT2D eigenvalue weighted by Gasteiger charge is -2.43. The summed E-state index contributed by atoms with van der Waals surface area (Å²) >= 11 is 0. The molecule has 7 heteroatoms. The van der Waals surface area contributed by atoms with Gasteiger partial charge in [0.2, 0.25) is 0 Å². The third-order valence-electron chi connectivity index (χ3n) is 7.89. The van der Waals surface area contributed by atoms with Gasteiger partial charge in [-0.05, 0) is 90.2 Å². The molecule has 0 heterocycles. The zero-order valence-corrected chi connectivity index (χ0v) is 26.6. The highest BCUT2D eigenvalue weighted by Gasteiger charge is 2.41. The maximum Gasteiger partial charge on any atom is 0.330 e. The number of esters is 3. The molecule has 7 nitrogen and oxygen atoms in total. The minimum absolute atomic E-state index is 0.153. The first-order valence-electron chi connectivity index (χ1n) is 14.9. The maximum atomic E-state index is 13.1. The molecular formula is C34H52O7. The smallest absolute Gasteiger partial charge is 0.330 e. The lowest BCUT2D eigenvalue weighted by Crippen LogP contribution is -2.43. The van der Waals surface area contributed by atoms with Crippen molar-refractivity contribution in [2.75, 3.05) is 6.61 Å². The van der Waals surface area contributed by atoms with Gasteiger partial charge in [-0.2, -0.15) is 0 Å². The minimum atomic E-state index is -0.929. The van der Waals surface area contributed by atoms with Crippen molar-refractivity contribution in [2.45, 2.75) is 118 Å². The highest BCUT2D eigenvalue weighted by atomic mass is 16.6. The summed E-state index contributed by atoms with van der Waals surface area (Å²) < 4.78 is 16.9. The molecule has 0 amide bonds. The Morgan fingerprint density at radius 2 is 1.54 bits per heavy atom. The molecule has 0 bridgehead atoms. The van der Waals surface area contributed by atoms with Crippen LogP contribution in [-0.2, 0) is 34.0 Å². The molecule has 0 radical (unpaired) electrons. The van der Waals surface area contributed by atoms with Gasteiger partial charge in [-0.15, -0.1) is 0 Å². The van der Waals surface area contributed by atoms with Gasteiger partial charge in [0.15, 0.2) is 0 Å². The average Bonchev–Trinajstić information content (AvgIpc) is 2.87. The van der Waals surface area contributed by atoms with Gasteiger partial charge in [-0.1, -0.05) is 57.5 Å². The number of aliphatic hydroxyl groups is 1. The monoisotopic (exact) mass is 572 g/mol. The van der Waals surface area contributed by atoms with Gasteiger partial charge < -0.3 is 19.3 Å². The van der Waals surface area contributed by atoms with E-state index in [1.54, 1.807) is 41.5 Å². The molecule has 0 spiro atoms. The van der Waals surface area contributed by atoms with Gasteiger partial charge in [0.25, 0.3) is 0 Å². The van der Waals surface area contributed by atoms with Crippen molar-refractivity contribution >= 4 is 17.9 Å². The molecule has 1 aromatic rings. The second-order valence-corrected chi connectivity index (χ2v) is 14.2. The number of aliphatic hydroxyl groups excluding tert-OH is 1. The SMILES string of the molecule is C[C@@H]1CC[C@@H](C(C)(C)c2ccccc2)[C@H](OC(=O)/C=C\[C@H](CC[C@@H](O)COC(=O)C(C)(C)C)OC(=O)C(C)(C)C)C1. The second-order valence-electron chi connectivity index (χ2n) is 14.2. The molecule has 1 fully saturated rings. The molecule has 1 saturated carbocycles. The van der Waals surface area contributed by atoms with Crippen molar-refractivity contribution < 1.29 is 33.7 Å². The average molecular weight is 573 g/mol. The minimum Gasteiger partial charge on any atom is -0.463 e. The largest absolute Gasteiger partial charge is 0.463 e. The van der Waals surface area contributed by atoms with Gasteiger partial charge >= 0.3 is 17.9 Å². The molecule has 1 aromatic carbocycles. The fourth-order valence-electron chi connectivity index (χ4n) is 5.08. The highest BCUT2D eigenvalue weighted by molar-refractivity contribution is 5.82. The molecular weight excluding hydrogens is 520 g/mol. The molecule has 5 atom stereocenters. The van der Waals surface area contributed by atoms with Crippen molar-refractivity contribution in [2.24, 2.45) is 22.7 Å². The lowest BCUT2D eigenvalue weighted by atomic mass is 9.64. The van der Waals surface area contributed by atoms with Crippen molar-refractivity contribution in [3.05, 3.63) is 48.0 Å². The number of carbonyl (C=O) groups is 3. The number of benzene rings is 1. The van der Waals surface area contributed by atoms with E-state index in [1.807, 2.05) is 18.2 Å². The fourth-order valence-corrected chi connectivity index (χ4v) is 5.08. The van der Waals surface area contributed by atoms with Gasteiger partial charge in [-0.25, -0.2) is 4.79 Å². The Balaban J connectivity index is 2.10. The van der Waals surface area contributed by atoms with Crippen LogP contribution in [0.25, 0.3) is 0 Å². The van der Waals surface area contributed by atoms with E-state index < -0.39 is 40.9 Å². The summed E-state index contributed by atoms with van der Waals surface area (Å²) in [6.45, 7) is 17.0. The zero-order valence-electron chi connectivity index (χ0n) is 26.6. The van der Waals surface area contributed by atoms with E-state index in [0.29, 0.717) is 5.92 Å². The van der Waals surface area contributed by atoms with Crippen molar-refractivity contribution in [1.82, 2.24) is 0 Å². The molecule has 41 heavy (non-hydrogen) atoms. The summed E-state index contributed by atoms with van der Waals surface area (Å²) in [5.74, 6) is -0.678. The van der Waals surface area contributed by atoms with Crippen LogP contribution in [-0.4, -0.2) is 47.9 Å². The van der Waals surface area contributed by atoms with Gasteiger partial charge in [-0.3, -0.25) is 9.59 Å². The number of hydrogen-bond acceptors (Lipinski definition) is 7. The van der Waals surface area contributed by atoms with Gasteiger partial charge in [0, 0.05) is 12.0 Å². The molecule has 0 unspecified atom stereocenters. The van der Waals surface area contributed by atoms with E-state index in [9.17, 15) is 19.5 Å². The van der Waals surface area contributed by atoms with Crippen LogP contribution in [0.15, 0.2) is 42.5 Å².